The predicted octanol–water partition coefficient (Wildman–Crippen LogP) is 2.96. The van der Waals surface area contributed by atoms with Gasteiger partial charge in [-0.1, -0.05) is 0 Å². The smallest absolute Gasteiger partial charge is 0.261 e. The highest BCUT2D eigenvalue weighted by Gasteiger charge is 2.14. The minimum absolute atomic E-state index is 0.166. The van der Waals surface area contributed by atoms with Gasteiger partial charge in [0.1, 0.15) is 10.4 Å². The van der Waals surface area contributed by atoms with Crippen molar-refractivity contribution in [2.45, 2.75) is 11.8 Å². The minimum Gasteiger partial charge on any atom is -0.497 e. The number of methoxy groups -OCH3 is 1. The maximum absolute atomic E-state index is 12.2. The molecule has 0 atom stereocenters. The Kier molecular flexibility index (Phi) is 4.29. The SMILES string of the molecule is COc1ccc(S(=O)(=O)Nc2cnc(Br)c(C)c2)cc1. The average molecular weight is 357 g/mol. The highest BCUT2D eigenvalue weighted by molar-refractivity contribution is 9.10. The van der Waals surface area contributed by atoms with Crippen molar-refractivity contribution in [1.29, 1.82) is 0 Å². The lowest BCUT2D eigenvalue weighted by Gasteiger charge is -2.09. The van der Waals surface area contributed by atoms with Gasteiger partial charge in [-0.25, -0.2) is 13.4 Å². The van der Waals surface area contributed by atoms with E-state index in [2.05, 4.69) is 25.6 Å². The van der Waals surface area contributed by atoms with Crippen LogP contribution in [0.1, 0.15) is 5.56 Å². The molecular formula is C13H13BrN2O3S. The largest absolute Gasteiger partial charge is 0.497 e. The van der Waals surface area contributed by atoms with Crippen molar-refractivity contribution < 1.29 is 13.2 Å². The summed E-state index contributed by atoms with van der Waals surface area (Å²) >= 11 is 3.27. The van der Waals surface area contributed by atoms with E-state index in [1.165, 1.54) is 25.4 Å². The summed E-state index contributed by atoms with van der Waals surface area (Å²) in [5.41, 5.74) is 1.27. The topological polar surface area (TPSA) is 68.3 Å². The fourth-order valence-electron chi connectivity index (χ4n) is 1.58. The molecule has 2 aromatic rings. The van der Waals surface area contributed by atoms with Crippen LogP contribution in [0.3, 0.4) is 0 Å². The standard InChI is InChI=1S/C13H13BrN2O3S/c1-9-7-10(8-15-13(9)14)16-20(17,18)12-5-3-11(19-2)4-6-12/h3-8,16H,1-2H3. The monoisotopic (exact) mass is 356 g/mol. The first kappa shape index (κ1) is 14.8. The third-order valence-corrected chi connectivity index (χ3v) is 4.86. The average Bonchev–Trinajstić information content (AvgIpc) is 2.43. The van der Waals surface area contributed by atoms with Gasteiger partial charge in [0.15, 0.2) is 0 Å². The lowest BCUT2D eigenvalue weighted by atomic mass is 10.3. The van der Waals surface area contributed by atoms with Gasteiger partial charge < -0.3 is 4.74 Å². The number of aryl methyl sites for hydroxylation is 1. The Morgan fingerprint density at radius 3 is 2.45 bits per heavy atom. The first-order chi connectivity index (χ1) is 9.42. The van der Waals surface area contributed by atoms with Crippen LogP contribution < -0.4 is 9.46 Å². The van der Waals surface area contributed by atoms with Gasteiger partial charge in [-0.2, -0.15) is 0 Å². The third kappa shape index (κ3) is 3.29. The molecule has 1 aromatic carbocycles. The van der Waals surface area contributed by atoms with Crippen molar-refractivity contribution in [3.63, 3.8) is 0 Å². The second-order valence-corrected chi connectivity index (χ2v) is 6.55. The summed E-state index contributed by atoms with van der Waals surface area (Å²) in [6.07, 6.45) is 1.46. The van der Waals surface area contributed by atoms with Gasteiger partial charge in [0.25, 0.3) is 10.0 Å². The normalized spacial score (nSPS) is 11.2. The maximum Gasteiger partial charge on any atom is 0.261 e. The molecule has 2 rings (SSSR count). The van der Waals surface area contributed by atoms with Crippen molar-refractivity contribution in [2.75, 3.05) is 11.8 Å². The first-order valence-electron chi connectivity index (χ1n) is 5.71. The predicted molar refractivity (Wildman–Crippen MR) is 80.5 cm³/mol. The van der Waals surface area contributed by atoms with Crippen LogP contribution in [0, 0.1) is 6.92 Å². The summed E-state index contributed by atoms with van der Waals surface area (Å²) in [4.78, 5) is 4.22. The number of halogens is 1. The molecule has 0 spiro atoms. The number of pyridine rings is 1. The number of hydrogen-bond donors (Lipinski definition) is 1. The summed E-state index contributed by atoms with van der Waals surface area (Å²) in [5.74, 6) is 0.602. The van der Waals surface area contributed by atoms with E-state index in [4.69, 9.17) is 4.74 Å². The first-order valence-corrected chi connectivity index (χ1v) is 7.99. The zero-order valence-corrected chi connectivity index (χ0v) is 13.3. The summed E-state index contributed by atoms with van der Waals surface area (Å²) in [6, 6.07) is 7.87. The number of hydrogen-bond acceptors (Lipinski definition) is 4. The molecule has 0 fully saturated rings. The van der Waals surface area contributed by atoms with E-state index in [1.54, 1.807) is 18.2 Å². The van der Waals surface area contributed by atoms with Crippen LogP contribution in [-0.4, -0.2) is 20.5 Å². The summed E-state index contributed by atoms with van der Waals surface area (Å²) in [6.45, 7) is 1.84. The molecule has 0 unspecified atom stereocenters. The Balaban J connectivity index is 2.27. The second-order valence-electron chi connectivity index (χ2n) is 4.11. The molecule has 7 heteroatoms. The quantitative estimate of drug-likeness (QED) is 0.855. The second kappa shape index (κ2) is 5.80. The maximum atomic E-state index is 12.2. The lowest BCUT2D eigenvalue weighted by molar-refractivity contribution is 0.414. The fraction of sp³-hybridized carbons (Fsp3) is 0.154. The van der Waals surface area contributed by atoms with Crippen LogP contribution in [0.5, 0.6) is 5.75 Å². The van der Waals surface area contributed by atoms with E-state index in [1.807, 2.05) is 6.92 Å². The number of aromatic nitrogens is 1. The molecule has 0 saturated heterocycles. The molecule has 106 valence electrons. The van der Waals surface area contributed by atoms with Gasteiger partial charge in [-0.3, -0.25) is 4.72 Å². The molecule has 0 saturated carbocycles. The highest BCUT2D eigenvalue weighted by Crippen LogP contribution is 2.21. The fourth-order valence-corrected chi connectivity index (χ4v) is 2.83. The van der Waals surface area contributed by atoms with Crippen LogP contribution in [0.15, 0.2) is 46.0 Å². The number of anilines is 1. The van der Waals surface area contributed by atoms with E-state index in [0.29, 0.717) is 16.0 Å². The van der Waals surface area contributed by atoms with Crippen molar-refractivity contribution in [3.05, 3.63) is 46.7 Å². The number of ether oxygens (including phenoxy) is 1. The van der Waals surface area contributed by atoms with Crippen molar-refractivity contribution in [2.24, 2.45) is 0 Å². The van der Waals surface area contributed by atoms with Gasteiger partial charge in [-0.05, 0) is 58.7 Å². The molecule has 0 radical (unpaired) electrons. The number of nitrogens with one attached hydrogen (secondary N) is 1. The Morgan fingerprint density at radius 1 is 1.25 bits per heavy atom. The van der Waals surface area contributed by atoms with Crippen LogP contribution >= 0.6 is 15.9 Å². The number of sulfonamides is 1. The zero-order valence-electron chi connectivity index (χ0n) is 10.9. The number of benzene rings is 1. The molecule has 5 nitrogen and oxygen atoms in total. The van der Waals surface area contributed by atoms with E-state index in [-0.39, 0.29) is 4.90 Å². The Bertz CT molecular complexity index is 715. The minimum atomic E-state index is -3.63. The number of nitrogens with zero attached hydrogens (tertiary/aromatic N) is 1. The molecule has 20 heavy (non-hydrogen) atoms. The van der Waals surface area contributed by atoms with Gasteiger partial charge in [0, 0.05) is 0 Å². The van der Waals surface area contributed by atoms with Gasteiger partial charge in [-0.15, -0.1) is 0 Å². The molecule has 1 heterocycles. The Morgan fingerprint density at radius 2 is 1.90 bits per heavy atom. The zero-order chi connectivity index (χ0) is 14.8. The van der Waals surface area contributed by atoms with Crippen molar-refractivity contribution >= 4 is 31.6 Å². The molecule has 0 amide bonds. The van der Waals surface area contributed by atoms with Crippen LogP contribution in [-0.2, 0) is 10.0 Å². The molecule has 0 aliphatic carbocycles. The van der Waals surface area contributed by atoms with E-state index >= 15 is 0 Å². The molecule has 0 aliphatic rings. The number of rotatable bonds is 4. The summed E-state index contributed by atoms with van der Waals surface area (Å²) in [7, 11) is -2.10. The Labute approximate surface area is 126 Å². The van der Waals surface area contributed by atoms with E-state index in [9.17, 15) is 8.42 Å². The van der Waals surface area contributed by atoms with Crippen LogP contribution in [0.2, 0.25) is 0 Å². The van der Waals surface area contributed by atoms with Gasteiger partial charge >= 0.3 is 0 Å². The van der Waals surface area contributed by atoms with E-state index < -0.39 is 10.0 Å². The molecule has 1 N–H and O–H groups in total. The van der Waals surface area contributed by atoms with Crippen molar-refractivity contribution in [3.8, 4) is 5.75 Å². The Hall–Kier alpha value is -1.60. The van der Waals surface area contributed by atoms with Crippen molar-refractivity contribution in [1.82, 2.24) is 4.98 Å². The van der Waals surface area contributed by atoms with Gasteiger partial charge in [0.2, 0.25) is 0 Å². The summed E-state index contributed by atoms with van der Waals surface area (Å²) in [5, 5.41) is 0. The molecular weight excluding hydrogens is 344 g/mol. The summed E-state index contributed by atoms with van der Waals surface area (Å²) < 4.78 is 32.6. The molecule has 1 aromatic heterocycles. The van der Waals surface area contributed by atoms with Gasteiger partial charge in [0.05, 0.1) is 23.9 Å². The van der Waals surface area contributed by atoms with Crippen LogP contribution in [0.4, 0.5) is 5.69 Å². The van der Waals surface area contributed by atoms with Crippen LogP contribution in [0.25, 0.3) is 0 Å². The lowest BCUT2D eigenvalue weighted by Crippen LogP contribution is -2.13. The molecule has 0 bridgehead atoms. The van der Waals surface area contributed by atoms with E-state index in [0.717, 1.165) is 5.56 Å². The molecule has 0 aliphatic heterocycles. The third-order valence-electron chi connectivity index (χ3n) is 2.64. The highest BCUT2D eigenvalue weighted by atomic mass is 79.9.